The largest absolute Gasteiger partial charge is 0.414 e. The van der Waals surface area contributed by atoms with Crippen LogP contribution in [0.1, 0.15) is 74.2 Å². The predicted molar refractivity (Wildman–Crippen MR) is 182 cm³/mol. The summed E-state index contributed by atoms with van der Waals surface area (Å²) in [5.74, 6) is 0.146. The van der Waals surface area contributed by atoms with Crippen LogP contribution in [0.25, 0.3) is 10.3 Å². The summed E-state index contributed by atoms with van der Waals surface area (Å²) in [6.07, 6.45) is -1.83. The van der Waals surface area contributed by atoms with Crippen LogP contribution < -0.4 is 10.6 Å². The monoisotopic (exact) mass is 656 g/mol. The highest BCUT2D eigenvalue weighted by molar-refractivity contribution is 7.16. The highest BCUT2D eigenvalue weighted by Gasteiger charge is 2.53. The van der Waals surface area contributed by atoms with E-state index in [0.717, 1.165) is 70.4 Å². The standard InChI is InChI=1S/C29H56N4O5SSi3/c1-11-40(12-2,13-3)35-20-22-23(37-41(14-4,15-5)16-6)24(38-42(17-7,18-8)19-9)27(36-22)33-26-25(39-29(33)34)21(10)31-28(30)32-26/h22-24,27H,11-20H2,1-10H3,(H2,30,31,32)/t22-,23-,24?,27-/m1/s1. The number of aryl methyl sites for hydroxylation is 1. The molecule has 1 aliphatic rings. The van der Waals surface area contributed by atoms with Crippen molar-refractivity contribution >= 4 is 52.6 Å². The number of thiazole rings is 1. The summed E-state index contributed by atoms with van der Waals surface area (Å²) in [6, 6.07) is 9.17. The number of hydrogen-bond donors (Lipinski definition) is 1. The number of nitrogens with two attached hydrogens (primary N) is 1. The first-order valence-corrected chi connectivity index (χ1v) is 24.7. The Morgan fingerprint density at radius 2 is 1.26 bits per heavy atom. The van der Waals surface area contributed by atoms with Gasteiger partial charge in [0.1, 0.15) is 18.3 Å². The predicted octanol–water partition coefficient (Wildman–Crippen LogP) is 7.44. The van der Waals surface area contributed by atoms with Gasteiger partial charge in [0.05, 0.1) is 17.0 Å². The zero-order valence-corrected chi connectivity index (χ0v) is 31.6. The van der Waals surface area contributed by atoms with Crippen LogP contribution >= 0.6 is 11.3 Å². The first-order valence-electron chi connectivity index (χ1n) is 16.3. The Hall–Kier alpha value is -0.939. The molecule has 1 saturated heterocycles. The molecular formula is C29H56N4O5SSi3. The molecule has 3 rings (SSSR count). The van der Waals surface area contributed by atoms with Crippen LogP contribution in [-0.2, 0) is 18.0 Å². The Morgan fingerprint density at radius 3 is 1.74 bits per heavy atom. The zero-order chi connectivity index (χ0) is 31.3. The first kappa shape index (κ1) is 35.5. The second kappa shape index (κ2) is 14.9. The van der Waals surface area contributed by atoms with E-state index in [2.05, 4.69) is 72.3 Å². The molecule has 1 fully saturated rings. The van der Waals surface area contributed by atoms with Gasteiger partial charge in [0.25, 0.3) is 0 Å². The highest BCUT2D eigenvalue weighted by Crippen LogP contribution is 2.42. The SMILES string of the molecule is CC[Si](CC)(CC)OC[C@H]1O[C@@H](n2c(=O)sc3c(C)nc(N)nc32)C(O[Si](CC)(CC)CC)[C@@H]1O[Si](CC)(CC)CC. The molecule has 2 aromatic heterocycles. The van der Waals surface area contributed by atoms with Crippen molar-refractivity contribution in [1.29, 1.82) is 0 Å². The minimum absolute atomic E-state index is 0.145. The minimum Gasteiger partial charge on any atom is -0.414 e. The van der Waals surface area contributed by atoms with E-state index < -0.39 is 37.3 Å². The van der Waals surface area contributed by atoms with Gasteiger partial charge < -0.3 is 23.7 Å². The van der Waals surface area contributed by atoms with Crippen molar-refractivity contribution in [2.24, 2.45) is 0 Å². The van der Waals surface area contributed by atoms with Crippen LogP contribution in [0.2, 0.25) is 54.4 Å². The van der Waals surface area contributed by atoms with Crippen LogP contribution in [0.4, 0.5) is 5.95 Å². The molecular weight excluding hydrogens is 601 g/mol. The second-order valence-corrected chi connectivity index (χ2v) is 27.0. The van der Waals surface area contributed by atoms with Gasteiger partial charge in [0, 0.05) is 0 Å². The van der Waals surface area contributed by atoms with Gasteiger partial charge in [0.15, 0.2) is 36.8 Å². The maximum Gasteiger partial charge on any atom is 0.311 e. The lowest BCUT2D eigenvalue weighted by molar-refractivity contribution is -0.0473. The lowest BCUT2D eigenvalue weighted by Gasteiger charge is -2.40. The average molecular weight is 657 g/mol. The van der Waals surface area contributed by atoms with Gasteiger partial charge in [-0.15, -0.1) is 0 Å². The van der Waals surface area contributed by atoms with Crippen LogP contribution in [0.3, 0.4) is 0 Å². The molecule has 13 heteroatoms. The third kappa shape index (κ3) is 6.98. The van der Waals surface area contributed by atoms with Crippen LogP contribution in [0.15, 0.2) is 4.79 Å². The van der Waals surface area contributed by atoms with E-state index in [1.165, 1.54) is 0 Å². The summed E-state index contributed by atoms with van der Waals surface area (Å²) in [4.78, 5) is 22.5. The number of rotatable bonds is 17. The molecule has 0 spiro atoms. The molecule has 1 aliphatic heterocycles. The first-order chi connectivity index (χ1) is 20.0. The maximum absolute atomic E-state index is 13.7. The number of anilines is 1. The average Bonchev–Trinajstić information content (AvgIpc) is 3.51. The van der Waals surface area contributed by atoms with Crippen molar-refractivity contribution in [3.8, 4) is 0 Å². The van der Waals surface area contributed by atoms with E-state index in [-0.39, 0.29) is 23.0 Å². The number of ether oxygens (including phenoxy) is 1. The van der Waals surface area contributed by atoms with Crippen molar-refractivity contribution in [3.63, 3.8) is 0 Å². The van der Waals surface area contributed by atoms with Gasteiger partial charge in [-0.05, 0) is 61.3 Å². The van der Waals surface area contributed by atoms with Gasteiger partial charge in [-0.2, -0.15) is 4.98 Å². The van der Waals surface area contributed by atoms with E-state index in [9.17, 15) is 4.79 Å². The molecule has 0 aromatic carbocycles. The zero-order valence-electron chi connectivity index (χ0n) is 27.7. The molecule has 0 amide bonds. The number of hydrogen-bond acceptors (Lipinski definition) is 9. The quantitative estimate of drug-likeness (QED) is 0.175. The van der Waals surface area contributed by atoms with E-state index in [1.807, 2.05) is 6.92 Å². The molecule has 9 nitrogen and oxygen atoms in total. The molecule has 240 valence electrons. The highest BCUT2D eigenvalue weighted by atomic mass is 32.1. The third-order valence-corrected chi connectivity index (χ3v) is 25.3. The molecule has 0 radical (unpaired) electrons. The molecule has 0 bridgehead atoms. The maximum atomic E-state index is 13.7. The third-order valence-electron chi connectivity index (χ3n) is 10.3. The molecule has 2 aromatic rings. The summed E-state index contributed by atoms with van der Waals surface area (Å²) in [5, 5.41) is 0. The minimum atomic E-state index is -2.15. The summed E-state index contributed by atoms with van der Waals surface area (Å²) in [5.41, 5.74) is 7.31. The van der Waals surface area contributed by atoms with E-state index in [0.29, 0.717) is 17.9 Å². The van der Waals surface area contributed by atoms with E-state index in [4.69, 9.17) is 23.7 Å². The van der Waals surface area contributed by atoms with Gasteiger partial charge in [-0.1, -0.05) is 73.7 Å². The molecule has 3 heterocycles. The van der Waals surface area contributed by atoms with Gasteiger partial charge >= 0.3 is 4.87 Å². The van der Waals surface area contributed by atoms with Gasteiger partial charge in [0.2, 0.25) is 5.95 Å². The Balaban J connectivity index is 2.23. The van der Waals surface area contributed by atoms with E-state index in [1.54, 1.807) is 4.57 Å². The molecule has 4 atom stereocenters. The van der Waals surface area contributed by atoms with Gasteiger partial charge in [-0.25, -0.2) is 4.98 Å². The van der Waals surface area contributed by atoms with Crippen molar-refractivity contribution < 1.29 is 18.0 Å². The molecule has 0 saturated carbocycles. The smallest absolute Gasteiger partial charge is 0.311 e. The van der Waals surface area contributed by atoms with Crippen molar-refractivity contribution in [3.05, 3.63) is 15.4 Å². The van der Waals surface area contributed by atoms with E-state index >= 15 is 0 Å². The van der Waals surface area contributed by atoms with Crippen LogP contribution in [0.5, 0.6) is 0 Å². The fraction of sp³-hybridized carbons (Fsp3) is 0.828. The normalized spacial score (nSPS) is 22.0. The number of aromatic nitrogens is 3. The summed E-state index contributed by atoms with van der Waals surface area (Å²) >= 11 is 1.14. The molecule has 1 unspecified atom stereocenters. The summed E-state index contributed by atoms with van der Waals surface area (Å²) in [6.45, 7) is 22.5. The fourth-order valence-corrected chi connectivity index (χ4v) is 15.7. The Labute approximate surface area is 260 Å². The Bertz CT molecular complexity index is 1190. The summed E-state index contributed by atoms with van der Waals surface area (Å²) < 4.78 is 30.8. The lowest BCUT2D eigenvalue weighted by Crippen LogP contribution is -2.52. The van der Waals surface area contributed by atoms with Crippen molar-refractivity contribution in [1.82, 2.24) is 14.5 Å². The van der Waals surface area contributed by atoms with Crippen LogP contribution in [0, 0.1) is 6.92 Å². The lowest BCUT2D eigenvalue weighted by atomic mass is 10.1. The number of nitrogens with zero attached hydrogens (tertiary/aromatic N) is 3. The topological polar surface area (TPSA) is 111 Å². The summed E-state index contributed by atoms with van der Waals surface area (Å²) in [7, 11) is -6.14. The van der Waals surface area contributed by atoms with Crippen LogP contribution in [-0.4, -0.2) is 64.4 Å². The van der Waals surface area contributed by atoms with Gasteiger partial charge in [-0.3, -0.25) is 9.36 Å². The molecule has 2 N–H and O–H groups in total. The number of nitrogen functional groups attached to an aromatic ring is 1. The Morgan fingerprint density at radius 1 is 0.786 bits per heavy atom. The fourth-order valence-electron chi connectivity index (χ4n) is 6.51. The second-order valence-electron chi connectivity index (χ2n) is 11.8. The van der Waals surface area contributed by atoms with Crippen molar-refractivity contribution in [2.75, 3.05) is 12.3 Å². The Kier molecular flexibility index (Phi) is 12.6. The molecule has 42 heavy (non-hydrogen) atoms. The number of fused-ring (bicyclic) bond motifs is 1. The van der Waals surface area contributed by atoms with Crippen molar-refractivity contribution in [2.45, 2.75) is 148 Å². The molecule has 0 aliphatic carbocycles.